The van der Waals surface area contributed by atoms with Crippen molar-refractivity contribution in [2.24, 2.45) is 11.3 Å². The molecule has 0 spiro atoms. The highest BCUT2D eigenvalue weighted by Crippen LogP contribution is 2.41. The molecule has 2 rings (SSSR count). The zero-order valence-corrected chi connectivity index (χ0v) is 12.6. The lowest BCUT2D eigenvalue weighted by Gasteiger charge is -2.20. The lowest BCUT2D eigenvalue weighted by molar-refractivity contribution is 0.322. The Morgan fingerprint density at radius 1 is 1.11 bits per heavy atom. The molecule has 0 heterocycles. The molecule has 1 heteroatoms. The van der Waals surface area contributed by atoms with Crippen LogP contribution in [0.4, 0.5) is 0 Å². The van der Waals surface area contributed by atoms with E-state index < -0.39 is 0 Å². The van der Waals surface area contributed by atoms with Gasteiger partial charge < -0.3 is 0 Å². The van der Waals surface area contributed by atoms with Gasteiger partial charge in [-0.25, -0.2) is 0 Å². The van der Waals surface area contributed by atoms with E-state index in [0.29, 0.717) is 5.41 Å². The van der Waals surface area contributed by atoms with E-state index in [4.69, 9.17) is 11.6 Å². The molecule has 0 amide bonds. The van der Waals surface area contributed by atoms with Gasteiger partial charge in [0.15, 0.2) is 0 Å². The van der Waals surface area contributed by atoms with Gasteiger partial charge in [-0.3, -0.25) is 0 Å². The molecule has 0 aliphatic heterocycles. The molecule has 0 radical (unpaired) electrons. The van der Waals surface area contributed by atoms with Crippen LogP contribution in [0, 0.1) is 11.3 Å². The fraction of sp³-hybridized carbons (Fsp3) is 0.647. The van der Waals surface area contributed by atoms with E-state index in [9.17, 15) is 0 Å². The topological polar surface area (TPSA) is 0 Å². The number of hydrogen-bond donors (Lipinski definition) is 0. The molecule has 1 aliphatic rings. The number of hydrogen-bond acceptors (Lipinski definition) is 0. The van der Waals surface area contributed by atoms with Crippen molar-refractivity contribution in [2.75, 3.05) is 0 Å². The van der Waals surface area contributed by atoms with Gasteiger partial charge in [0.1, 0.15) is 0 Å². The molecule has 100 valence electrons. The monoisotopic (exact) mass is 264 g/mol. The molecule has 1 aliphatic carbocycles. The van der Waals surface area contributed by atoms with Crippen LogP contribution in [0.3, 0.4) is 0 Å². The van der Waals surface area contributed by atoms with Crippen LogP contribution in [-0.2, 0) is 0 Å². The highest BCUT2D eigenvalue weighted by molar-refractivity contribution is 6.30. The minimum atomic E-state index is 0.484. The molecule has 0 aromatic heterocycles. The molecule has 0 N–H and O–H groups in total. The van der Waals surface area contributed by atoms with Crippen molar-refractivity contribution in [2.45, 2.75) is 58.8 Å². The van der Waals surface area contributed by atoms with Crippen molar-refractivity contribution in [3.05, 3.63) is 34.9 Å². The van der Waals surface area contributed by atoms with Crippen LogP contribution in [0.15, 0.2) is 24.3 Å². The van der Waals surface area contributed by atoms with Gasteiger partial charge in [0.25, 0.3) is 0 Å². The largest absolute Gasteiger partial charge is 0.0843 e. The number of halogens is 1. The fourth-order valence-electron chi connectivity index (χ4n) is 3.01. The zero-order chi connectivity index (χ0) is 13.2. The third-order valence-electron chi connectivity index (χ3n) is 4.19. The van der Waals surface area contributed by atoms with Crippen LogP contribution in [0.2, 0.25) is 5.02 Å². The minimum Gasteiger partial charge on any atom is -0.0843 e. The van der Waals surface area contributed by atoms with Gasteiger partial charge in [0, 0.05) is 5.02 Å². The first kappa shape index (κ1) is 13.9. The summed E-state index contributed by atoms with van der Waals surface area (Å²) in [6.45, 7) is 7.04. The van der Waals surface area contributed by atoms with Crippen LogP contribution in [0.25, 0.3) is 0 Å². The van der Waals surface area contributed by atoms with E-state index in [1.807, 2.05) is 12.1 Å². The Morgan fingerprint density at radius 2 is 1.78 bits per heavy atom. The molecule has 0 bridgehead atoms. The second kappa shape index (κ2) is 5.65. The summed E-state index contributed by atoms with van der Waals surface area (Å²) in [5.74, 6) is 1.71. The van der Waals surface area contributed by atoms with Crippen molar-refractivity contribution in [1.29, 1.82) is 0 Å². The third-order valence-corrected chi connectivity index (χ3v) is 4.44. The second-order valence-electron chi connectivity index (χ2n) is 7.03. The maximum atomic E-state index is 5.95. The summed E-state index contributed by atoms with van der Waals surface area (Å²) in [6.07, 6.45) is 6.89. The van der Waals surface area contributed by atoms with Crippen molar-refractivity contribution < 1.29 is 0 Å². The zero-order valence-electron chi connectivity index (χ0n) is 11.9. The van der Waals surface area contributed by atoms with Crippen molar-refractivity contribution in [3.63, 3.8) is 0 Å². The summed E-state index contributed by atoms with van der Waals surface area (Å²) in [6, 6.07) is 8.47. The van der Waals surface area contributed by atoms with E-state index in [-0.39, 0.29) is 0 Å². The Balaban J connectivity index is 1.86. The minimum absolute atomic E-state index is 0.484. The van der Waals surface area contributed by atoms with Gasteiger partial charge in [-0.2, -0.15) is 0 Å². The lowest BCUT2D eigenvalue weighted by Crippen LogP contribution is -2.07. The van der Waals surface area contributed by atoms with Crippen molar-refractivity contribution in [1.82, 2.24) is 0 Å². The maximum Gasteiger partial charge on any atom is 0.0406 e. The van der Waals surface area contributed by atoms with Crippen molar-refractivity contribution >= 4 is 11.6 Å². The van der Waals surface area contributed by atoms with Gasteiger partial charge in [-0.05, 0) is 67.1 Å². The summed E-state index contributed by atoms with van der Waals surface area (Å²) in [5, 5.41) is 0.848. The quantitative estimate of drug-likeness (QED) is 0.623. The molecule has 2 atom stereocenters. The first-order chi connectivity index (χ1) is 8.44. The van der Waals surface area contributed by atoms with Crippen LogP contribution >= 0.6 is 11.6 Å². The molecule has 18 heavy (non-hydrogen) atoms. The number of rotatable bonds is 3. The van der Waals surface area contributed by atoms with Gasteiger partial charge in [-0.15, -0.1) is 0 Å². The predicted molar refractivity (Wildman–Crippen MR) is 80.2 cm³/mol. The second-order valence-corrected chi connectivity index (χ2v) is 7.46. The van der Waals surface area contributed by atoms with Gasteiger partial charge in [-0.1, -0.05) is 44.5 Å². The summed E-state index contributed by atoms with van der Waals surface area (Å²) in [7, 11) is 0. The highest BCUT2D eigenvalue weighted by Gasteiger charge is 2.26. The summed E-state index contributed by atoms with van der Waals surface area (Å²) >= 11 is 5.95. The summed E-state index contributed by atoms with van der Waals surface area (Å²) < 4.78 is 0. The molecule has 1 aromatic carbocycles. The fourth-order valence-corrected chi connectivity index (χ4v) is 3.14. The van der Waals surface area contributed by atoms with E-state index in [1.165, 1.54) is 37.7 Å². The van der Waals surface area contributed by atoms with Crippen LogP contribution in [-0.4, -0.2) is 0 Å². The first-order valence-corrected chi connectivity index (χ1v) is 7.57. The average molecular weight is 265 g/mol. The third kappa shape index (κ3) is 4.02. The smallest absolute Gasteiger partial charge is 0.0406 e. The number of benzene rings is 1. The van der Waals surface area contributed by atoms with E-state index in [1.54, 1.807) is 0 Å². The molecule has 1 fully saturated rings. The van der Waals surface area contributed by atoms with E-state index in [0.717, 1.165) is 16.9 Å². The maximum absolute atomic E-state index is 5.95. The molecular weight excluding hydrogens is 240 g/mol. The molecular formula is C17H25Cl. The average Bonchev–Trinajstić information content (AvgIpc) is 2.75. The van der Waals surface area contributed by atoms with Gasteiger partial charge in [0.2, 0.25) is 0 Å². The SMILES string of the molecule is CC(C)(C)CCC1CC[C@H](c2ccc(Cl)cc2)C1. The summed E-state index contributed by atoms with van der Waals surface area (Å²) in [5.41, 5.74) is 1.97. The summed E-state index contributed by atoms with van der Waals surface area (Å²) in [4.78, 5) is 0. The molecule has 1 aromatic rings. The first-order valence-electron chi connectivity index (χ1n) is 7.19. The van der Waals surface area contributed by atoms with Gasteiger partial charge in [0.05, 0.1) is 0 Å². The Morgan fingerprint density at radius 3 is 2.39 bits per heavy atom. The molecule has 0 nitrogen and oxygen atoms in total. The van der Waals surface area contributed by atoms with Crippen LogP contribution in [0.1, 0.15) is 64.4 Å². The Kier molecular flexibility index (Phi) is 4.37. The Labute approximate surface area is 117 Å². The van der Waals surface area contributed by atoms with Crippen molar-refractivity contribution in [3.8, 4) is 0 Å². The van der Waals surface area contributed by atoms with Crippen LogP contribution in [0.5, 0.6) is 0 Å². The van der Waals surface area contributed by atoms with Crippen LogP contribution < -0.4 is 0 Å². The van der Waals surface area contributed by atoms with E-state index >= 15 is 0 Å². The standard InChI is InChI=1S/C17H25Cl/c1-17(2,3)11-10-13-4-5-15(12-13)14-6-8-16(18)9-7-14/h6-9,13,15H,4-5,10-12H2,1-3H3/t13?,15-/m0/s1. The highest BCUT2D eigenvalue weighted by atomic mass is 35.5. The predicted octanol–water partition coefficient (Wildman–Crippen LogP) is 6.05. The molecule has 1 saturated carbocycles. The lowest BCUT2D eigenvalue weighted by atomic mass is 9.85. The molecule has 1 unspecified atom stereocenters. The molecule has 0 saturated heterocycles. The Bertz CT molecular complexity index is 372. The Hall–Kier alpha value is -0.490. The normalized spacial score (nSPS) is 24.4. The van der Waals surface area contributed by atoms with Gasteiger partial charge >= 0.3 is 0 Å². The van der Waals surface area contributed by atoms with E-state index in [2.05, 4.69) is 32.9 Å².